The number of carbonyl (C=O) groups is 1. The van der Waals surface area contributed by atoms with E-state index in [1.54, 1.807) is 30.6 Å². The summed E-state index contributed by atoms with van der Waals surface area (Å²) in [6.07, 6.45) is 4.26. The Labute approximate surface area is 253 Å². The van der Waals surface area contributed by atoms with E-state index in [1.165, 1.54) is 36.8 Å². The lowest BCUT2D eigenvalue weighted by atomic mass is 9.73. The van der Waals surface area contributed by atoms with Gasteiger partial charge in [0.1, 0.15) is 22.5 Å². The number of methoxy groups -OCH3 is 1. The van der Waals surface area contributed by atoms with E-state index in [0.29, 0.717) is 39.6 Å². The van der Waals surface area contributed by atoms with Gasteiger partial charge in [0.15, 0.2) is 0 Å². The maximum absolute atomic E-state index is 14.6. The molecule has 1 unspecified atom stereocenters. The predicted molar refractivity (Wildman–Crippen MR) is 157 cm³/mol. The van der Waals surface area contributed by atoms with Crippen LogP contribution in [0.1, 0.15) is 62.3 Å². The van der Waals surface area contributed by atoms with Gasteiger partial charge < -0.3 is 25.2 Å². The standard InChI is InChI=1S/C31H37F3N4O4S/c1-18(41-3)27(40)38-24(12-19-9-21(13-22(32)10-19)29-35-7-8-43-29)26(39)17-36-25-15-31(5-4-6-31)42-28-23(25)11-20(16-37-28)14-30(2,33)34/h7-11,13,16,18,24-26,36,39H,4-6,12,14-15,17H2,1-3H3,(H,38,40)/t18-,24+,25?,26+/m1/s1. The van der Waals surface area contributed by atoms with Gasteiger partial charge in [0.25, 0.3) is 0 Å². The molecule has 1 amide bonds. The molecule has 12 heteroatoms. The average molecular weight is 619 g/mol. The molecule has 1 aliphatic heterocycles. The summed E-state index contributed by atoms with van der Waals surface area (Å²) in [5.74, 6) is -3.34. The molecule has 1 aliphatic carbocycles. The number of nitrogens with one attached hydrogen (secondary N) is 2. The Morgan fingerprint density at radius 1 is 1.26 bits per heavy atom. The quantitative estimate of drug-likeness (QED) is 0.262. The van der Waals surface area contributed by atoms with Crippen molar-refractivity contribution in [3.05, 3.63) is 64.5 Å². The highest BCUT2D eigenvalue weighted by Gasteiger charge is 2.46. The van der Waals surface area contributed by atoms with Crippen molar-refractivity contribution >= 4 is 17.2 Å². The minimum Gasteiger partial charge on any atom is -0.471 e. The zero-order valence-electron chi connectivity index (χ0n) is 24.4. The molecule has 1 aromatic carbocycles. The number of alkyl halides is 2. The molecule has 3 heterocycles. The molecule has 8 nitrogen and oxygen atoms in total. The molecule has 5 rings (SSSR count). The zero-order valence-corrected chi connectivity index (χ0v) is 25.2. The number of hydrogen-bond donors (Lipinski definition) is 3. The lowest BCUT2D eigenvalue weighted by Crippen LogP contribution is -2.53. The normalized spacial score (nSPS) is 19.6. The summed E-state index contributed by atoms with van der Waals surface area (Å²) >= 11 is 1.38. The fourth-order valence-corrected chi connectivity index (χ4v) is 6.33. The fraction of sp³-hybridized carbons (Fsp3) is 0.516. The molecular formula is C31H37F3N4O4S. The van der Waals surface area contributed by atoms with Gasteiger partial charge in [0.2, 0.25) is 17.7 Å². The van der Waals surface area contributed by atoms with Crippen LogP contribution in [0.2, 0.25) is 0 Å². The van der Waals surface area contributed by atoms with Gasteiger partial charge in [-0.3, -0.25) is 4.79 Å². The Kier molecular flexibility index (Phi) is 9.40. The van der Waals surface area contributed by atoms with E-state index in [-0.39, 0.29) is 24.6 Å². The number of fused-ring (bicyclic) bond motifs is 1. The highest BCUT2D eigenvalue weighted by Crippen LogP contribution is 2.48. The second kappa shape index (κ2) is 12.9. The van der Waals surface area contributed by atoms with Crippen molar-refractivity contribution in [1.29, 1.82) is 0 Å². The largest absolute Gasteiger partial charge is 0.471 e. The molecule has 4 atom stereocenters. The van der Waals surface area contributed by atoms with Gasteiger partial charge in [-0.25, -0.2) is 23.1 Å². The molecule has 2 aliphatic rings. The third kappa shape index (κ3) is 7.72. The molecule has 1 saturated carbocycles. The average Bonchev–Trinajstić information content (AvgIpc) is 3.48. The second-order valence-electron chi connectivity index (χ2n) is 11.7. The third-order valence-corrected chi connectivity index (χ3v) is 8.98. The number of carbonyl (C=O) groups excluding carboxylic acids is 1. The topological polar surface area (TPSA) is 106 Å². The number of nitrogens with zero attached hydrogens (tertiary/aromatic N) is 2. The Morgan fingerprint density at radius 2 is 2.05 bits per heavy atom. The van der Waals surface area contributed by atoms with Crippen LogP contribution in [-0.2, 0) is 22.4 Å². The highest BCUT2D eigenvalue weighted by atomic mass is 32.1. The summed E-state index contributed by atoms with van der Waals surface area (Å²) in [7, 11) is 1.42. The van der Waals surface area contributed by atoms with Crippen LogP contribution in [0.3, 0.4) is 0 Å². The molecule has 0 bridgehead atoms. The maximum atomic E-state index is 14.6. The third-order valence-electron chi connectivity index (χ3n) is 8.16. The molecule has 1 fully saturated rings. The number of pyridine rings is 1. The van der Waals surface area contributed by atoms with E-state index < -0.39 is 42.3 Å². The van der Waals surface area contributed by atoms with Gasteiger partial charge in [-0.1, -0.05) is 0 Å². The van der Waals surface area contributed by atoms with Crippen molar-refractivity contribution in [2.45, 2.75) is 88.2 Å². The summed E-state index contributed by atoms with van der Waals surface area (Å²) < 4.78 is 53.6. The number of halogens is 3. The molecule has 3 aromatic rings. The van der Waals surface area contributed by atoms with Crippen molar-refractivity contribution in [2.24, 2.45) is 0 Å². The van der Waals surface area contributed by atoms with Crippen LogP contribution < -0.4 is 15.4 Å². The Bertz CT molecular complexity index is 1410. The van der Waals surface area contributed by atoms with Gasteiger partial charge in [0, 0.05) is 61.4 Å². The first kappa shape index (κ1) is 31.4. The van der Waals surface area contributed by atoms with Gasteiger partial charge in [-0.15, -0.1) is 11.3 Å². The first-order chi connectivity index (χ1) is 20.4. The van der Waals surface area contributed by atoms with Gasteiger partial charge in [-0.05, 0) is 74.9 Å². The number of ether oxygens (including phenoxy) is 2. The van der Waals surface area contributed by atoms with Crippen molar-refractivity contribution in [2.75, 3.05) is 13.7 Å². The lowest BCUT2D eigenvalue weighted by molar-refractivity contribution is -0.131. The van der Waals surface area contributed by atoms with E-state index in [9.17, 15) is 23.1 Å². The number of aromatic nitrogens is 2. The van der Waals surface area contributed by atoms with Crippen LogP contribution in [0.25, 0.3) is 10.6 Å². The Morgan fingerprint density at radius 3 is 2.70 bits per heavy atom. The first-order valence-corrected chi connectivity index (χ1v) is 15.3. The van der Waals surface area contributed by atoms with E-state index in [4.69, 9.17) is 9.47 Å². The molecule has 43 heavy (non-hydrogen) atoms. The van der Waals surface area contributed by atoms with Crippen molar-refractivity contribution < 1.29 is 32.5 Å². The molecule has 0 saturated heterocycles. The molecular weight excluding hydrogens is 581 g/mol. The number of aliphatic hydroxyl groups is 1. The van der Waals surface area contributed by atoms with Gasteiger partial charge in [-0.2, -0.15) is 0 Å². The second-order valence-corrected chi connectivity index (χ2v) is 12.6. The van der Waals surface area contributed by atoms with Crippen LogP contribution >= 0.6 is 11.3 Å². The highest BCUT2D eigenvalue weighted by molar-refractivity contribution is 7.13. The number of aliphatic hydroxyl groups excluding tert-OH is 1. The number of hydrogen-bond acceptors (Lipinski definition) is 8. The van der Waals surface area contributed by atoms with Gasteiger partial charge >= 0.3 is 0 Å². The smallest absolute Gasteiger partial charge is 0.249 e. The van der Waals surface area contributed by atoms with Crippen LogP contribution in [0.5, 0.6) is 5.88 Å². The zero-order chi connectivity index (χ0) is 30.8. The predicted octanol–water partition coefficient (Wildman–Crippen LogP) is 5.00. The Balaban J connectivity index is 1.36. The number of thiazole rings is 1. The van der Waals surface area contributed by atoms with Crippen LogP contribution in [0, 0.1) is 5.82 Å². The summed E-state index contributed by atoms with van der Waals surface area (Å²) in [5, 5.41) is 20.1. The van der Waals surface area contributed by atoms with Crippen molar-refractivity contribution in [1.82, 2.24) is 20.6 Å². The van der Waals surface area contributed by atoms with E-state index >= 15 is 0 Å². The van der Waals surface area contributed by atoms with E-state index in [2.05, 4.69) is 20.6 Å². The summed E-state index contributed by atoms with van der Waals surface area (Å²) in [6.45, 7) is 2.53. The Hall–Kier alpha value is -3.06. The summed E-state index contributed by atoms with van der Waals surface area (Å²) in [4.78, 5) is 21.5. The fourth-order valence-electron chi connectivity index (χ4n) is 5.70. The molecule has 0 radical (unpaired) electrons. The van der Waals surface area contributed by atoms with Crippen LogP contribution in [0.4, 0.5) is 13.2 Å². The summed E-state index contributed by atoms with van der Waals surface area (Å²) in [6, 6.07) is 5.17. The monoisotopic (exact) mass is 618 g/mol. The van der Waals surface area contributed by atoms with Crippen LogP contribution in [-0.4, -0.2) is 64.4 Å². The summed E-state index contributed by atoms with van der Waals surface area (Å²) in [5.41, 5.74) is 1.87. The molecule has 3 N–H and O–H groups in total. The van der Waals surface area contributed by atoms with E-state index in [0.717, 1.165) is 26.2 Å². The molecule has 1 spiro atoms. The minimum absolute atomic E-state index is 0.0648. The number of benzene rings is 1. The maximum Gasteiger partial charge on any atom is 0.249 e. The van der Waals surface area contributed by atoms with Crippen molar-refractivity contribution in [3.8, 4) is 16.5 Å². The first-order valence-electron chi connectivity index (χ1n) is 14.4. The number of rotatable bonds is 12. The SMILES string of the molecule is CO[C@H](C)C(=O)N[C@@H](Cc1cc(F)cc(-c2nccs2)c1)[C@@H](O)CNC1CC2(CCC2)Oc2ncc(CC(C)(F)F)cc21. The van der Waals surface area contributed by atoms with Crippen molar-refractivity contribution in [3.63, 3.8) is 0 Å². The van der Waals surface area contributed by atoms with E-state index in [1.807, 2.05) is 0 Å². The minimum atomic E-state index is -2.89. The number of amides is 1. The lowest BCUT2D eigenvalue weighted by Gasteiger charge is -2.47. The van der Waals surface area contributed by atoms with Crippen LogP contribution in [0.15, 0.2) is 42.0 Å². The molecule has 232 valence electrons. The van der Waals surface area contributed by atoms with Gasteiger partial charge in [0.05, 0.1) is 12.1 Å². The molecule has 2 aromatic heterocycles.